The van der Waals surface area contributed by atoms with Crippen LogP contribution in [0.25, 0.3) is 55.0 Å². The minimum Gasteiger partial charge on any atom is -0.310 e. The number of fused-ring (bicyclic) bond motifs is 6. The van der Waals surface area contributed by atoms with E-state index in [1.165, 1.54) is 74.1 Å². The summed E-state index contributed by atoms with van der Waals surface area (Å²) in [6, 6.07) is 129. The molecule has 0 saturated heterocycles. The largest absolute Gasteiger partial charge is 0.310 e. The van der Waals surface area contributed by atoms with Crippen molar-refractivity contribution in [2.24, 2.45) is 0 Å². The molecule has 15 rings (SSSR count). The predicted molar refractivity (Wildman–Crippen MR) is 357 cm³/mol. The van der Waals surface area contributed by atoms with E-state index >= 15 is 0 Å². The van der Waals surface area contributed by atoms with Crippen LogP contribution in [-0.2, 0) is 0 Å². The van der Waals surface area contributed by atoms with Gasteiger partial charge in [0.05, 0.1) is 22.1 Å². The highest BCUT2D eigenvalue weighted by molar-refractivity contribution is 7.20. The van der Waals surface area contributed by atoms with Gasteiger partial charge in [0.15, 0.2) is 16.1 Å². The molecule has 0 bridgehead atoms. The number of aromatic nitrogens is 2. The van der Waals surface area contributed by atoms with Gasteiger partial charge < -0.3 is 14.0 Å². The molecule has 0 aliphatic carbocycles. The van der Waals surface area contributed by atoms with Crippen molar-refractivity contribution in [2.75, 3.05) is 4.90 Å². The second kappa shape index (κ2) is 21.0. The molecule has 0 amide bonds. The van der Waals surface area contributed by atoms with Crippen LogP contribution in [0, 0.1) is 0 Å². The summed E-state index contributed by atoms with van der Waals surface area (Å²) in [5.41, 5.74) is 10.1. The predicted octanol–water partition coefficient (Wildman–Crippen LogP) is 14.1. The summed E-state index contributed by atoms with van der Waals surface area (Å²) in [6.07, 6.45) is 0. The molecule has 5 heteroatoms. The molecule has 0 N–H and O–H groups in total. The topological polar surface area (TPSA) is 13.1 Å². The van der Waals surface area contributed by atoms with E-state index in [1.807, 2.05) is 0 Å². The first-order chi connectivity index (χ1) is 41.2. The first-order valence-corrected chi connectivity index (χ1v) is 32.7. The quantitative estimate of drug-likeness (QED) is 0.0828. The zero-order valence-corrected chi connectivity index (χ0v) is 47.8. The van der Waals surface area contributed by atoms with Crippen molar-refractivity contribution in [3.8, 4) is 11.4 Å². The van der Waals surface area contributed by atoms with Crippen molar-refractivity contribution in [1.29, 1.82) is 0 Å². The second-order valence-electron chi connectivity index (χ2n) is 21.6. The zero-order chi connectivity index (χ0) is 55.2. The molecule has 2 aromatic heterocycles. The van der Waals surface area contributed by atoms with Gasteiger partial charge in [-0.05, 0) is 126 Å². The lowest BCUT2D eigenvalue weighted by Crippen LogP contribution is -2.74. The fourth-order valence-electron chi connectivity index (χ4n) is 13.6. The number of para-hydroxylation sites is 3. The van der Waals surface area contributed by atoms with Crippen molar-refractivity contribution < 1.29 is 0 Å². The monoisotopic (exact) mass is 1090 g/mol. The van der Waals surface area contributed by atoms with Crippen LogP contribution in [0.2, 0.25) is 0 Å². The number of anilines is 3. The van der Waals surface area contributed by atoms with E-state index in [-0.39, 0.29) is 0 Å². The third-order valence-electron chi connectivity index (χ3n) is 17.2. The Morgan fingerprint density at radius 1 is 0.193 bits per heavy atom. The maximum Gasteiger partial charge on any atom is 0.179 e. The minimum atomic E-state index is -2.88. The number of nitrogens with zero attached hydrogens (tertiary/aromatic N) is 3. The Hall–Kier alpha value is -10.3. The van der Waals surface area contributed by atoms with Crippen LogP contribution < -0.4 is 46.4 Å². The fraction of sp³-hybridized carbons (Fsp3) is 0. The summed E-state index contributed by atoms with van der Waals surface area (Å²) in [5, 5.41) is 15.6. The number of rotatable bonds is 13. The third-order valence-corrected chi connectivity index (χ3v) is 26.7. The Kier molecular flexibility index (Phi) is 12.6. The minimum absolute atomic E-state index is 1.08. The van der Waals surface area contributed by atoms with Gasteiger partial charge >= 0.3 is 0 Å². The number of hydrogen-bond donors (Lipinski definition) is 0. The van der Waals surface area contributed by atoms with Crippen LogP contribution in [-0.4, -0.2) is 25.3 Å². The molecule has 392 valence electrons. The molecule has 0 aliphatic rings. The molecular formula is C78H57N3Si2. The highest BCUT2D eigenvalue weighted by Gasteiger charge is 2.43. The molecular weight excluding hydrogens is 1040 g/mol. The Balaban J connectivity index is 0.988. The lowest BCUT2D eigenvalue weighted by atomic mass is 10.1. The first kappa shape index (κ1) is 49.7. The molecule has 0 radical (unpaired) electrons. The van der Waals surface area contributed by atoms with Gasteiger partial charge in [-0.3, -0.25) is 0 Å². The molecule has 0 unspecified atom stereocenters. The lowest BCUT2D eigenvalue weighted by molar-refractivity contribution is 1.18. The fourth-order valence-corrected chi connectivity index (χ4v) is 23.2. The Labute approximate surface area is 486 Å². The van der Waals surface area contributed by atoms with E-state index in [2.05, 4.69) is 360 Å². The Morgan fingerprint density at radius 3 is 0.723 bits per heavy atom. The van der Waals surface area contributed by atoms with E-state index in [4.69, 9.17) is 0 Å². The van der Waals surface area contributed by atoms with E-state index < -0.39 is 16.1 Å². The maximum atomic E-state index is 2.54. The zero-order valence-electron chi connectivity index (χ0n) is 45.8. The van der Waals surface area contributed by atoms with Gasteiger partial charge in [0.1, 0.15) is 0 Å². The number of benzene rings is 13. The SMILES string of the molecule is c1ccc(N(c2ccc3c(c2)c2cc([Si](c4ccccc4)(c4ccccc4)c4ccccc4)ccc2n3-c2ccccc2)c2ccc3c(c2)c2cc([Si](c4ccccc4)(c4ccccc4)c4ccccc4)ccc2n3-c2ccccc2)cc1. The average Bonchev–Trinajstić information content (AvgIpc) is 3.64. The summed E-state index contributed by atoms with van der Waals surface area (Å²) in [4.78, 5) is 2.46. The Morgan fingerprint density at radius 2 is 0.434 bits per heavy atom. The Bertz CT molecular complexity index is 4270. The smallest absolute Gasteiger partial charge is 0.179 e. The van der Waals surface area contributed by atoms with Crippen molar-refractivity contribution in [1.82, 2.24) is 9.13 Å². The first-order valence-electron chi connectivity index (χ1n) is 28.7. The third kappa shape index (κ3) is 8.23. The summed E-state index contributed by atoms with van der Waals surface area (Å²) in [5.74, 6) is 0. The molecule has 2 heterocycles. The van der Waals surface area contributed by atoms with Gasteiger partial charge in [0.2, 0.25) is 0 Å². The average molecular weight is 1090 g/mol. The molecule has 0 fully saturated rings. The molecule has 0 aliphatic heterocycles. The van der Waals surface area contributed by atoms with E-state index in [0.717, 1.165) is 39.5 Å². The summed E-state index contributed by atoms with van der Waals surface area (Å²) >= 11 is 0. The molecule has 0 atom stereocenters. The van der Waals surface area contributed by atoms with Gasteiger partial charge in [-0.2, -0.15) is 0 Å². The standard InChI is InChI=1S/C78H57N3Si2/c1-10-28-58(29-11-1)79(61-46-50-75-71(54-61)73-56-69(48-52-77(73)80(75)59-30-12-2-13-31-59)82(63-34-16-4-17-35-63,64-36-18-5-19-37-64)65-38-20-6-21-39-65)62-47-51-76-72(55-62)74-57-70(49-53-78(74)81(76)60-32-14-3-15-33-60)83(66-40-22-7-23-41-66,67-42-24-8-25-43-67)68-44-26-9-27-45-68/h1-57H. The molecule has 0 spiro atoms. The van der Waals surface area contributed by atoms with Crippen LogP contribution in [0.5, 0.6) is 0 Å². The van der Waals surface area contributed by atoms with E-state index in [0.29, 0.717) is 0 Å². The summed E-state index contributed by atoms with van der Waals surface area (Å²) in [6.45, 7) is 0. The van der Waals surface area contributed by atoms with Crippen molar-refractivity contribution in [2.45, 2.75) is 0 Å². The van der Waals surface area contributed by atoms with Crippen molar-refractivity contribution in [3.05, 3.63) is 346 Å². The summed E-state index contributed by atoms with van der Waals surface area (Å²) < 4.78 is 4.90. The van der Waals surface area contributed by atoms with Gasteiger partial charge in [0.25, 0.3) is 0 Å². The van der Waals surface area contributed by atoms with Crippen LogP contribution in [0.4, 0.5) is 17.1 Å². The second-order valence-corrected chi connectivity index (χ2v) is 29.2. The van der Waals surface area contributed by atoms with E-state index in [9.17, 15) is 0 Å². The summed E-state index contributed by atoms with van der Waals surface area (Å²) in [7, 11) is -5.76. The number of hydrogen-bond acceptors (Lipinski definition) is 1. The molecule has 13 aromatic carbocycles. The van der Waals surface area contributed by atoms with Crippen LogP contribution in [0.15, 0.2) is 346 Å². The lowest BCUT2D eigenvalue weighted by Gasteiger charge is -2.34. The molecule has 15 aromatic rings. The van der Waals surface area contributed by atoms with Gasteiger partial charge in [0, 0.05) is 50.0 Å². The van der Waals surface area contributed by atoms with Crippen LogP contribution in [0.1, 0.15) is 0 Å². The highest BCUT2D eigenvalue weighted by atomic mass is 28.3. The maximum absolute atomic E-state index is 2.88. The molecule has 0 saturated carbocycles. The van der Waals surface area contributed by atoms with Gasteiger partial charge in [-0.25, -0.2) is 0 Å². The molecule has 3 nitrogen and oxygen atoms in total. The van der Waals surface area contributed by atoms with Crippen LogP contribution >= 0.6 is 0 Å². The molecule has 83 heavy (non-hydrogen) atoms. The van der Waals surface area contributed by atoms with Gasteiger partial charge in [-0.1, -0.05) is 261 Å². The highest BCUT2D eigenvalue weighted by Crippen LogP contribution is 2.42. The van der Waals surface area contributed by atoms with Crippen molar-refractivity contribution >= 4 is 118 Å². The normalized spacial score (nSPS) is 11.9. The van der Waals surface area contributed by atoms with E-state index in [1.54, 1.807) is 0 Å². The van der Waals surface area contributed by atoms with Gasteiger partial charge in [-0.15, -0.1) is 0 Å². The van der Waals surface area contributed by atoms with Crippen LogP contribution in [0.3, 0.4) is 0 Å². The van der Waals surface area contributed by atoms with Crippen molar-refractivity contribution in [3.63, 3.8) is 0 Å².